The highest BCUT2D eigenvalue weighted by Gasteiger charge is 2.36. The maximum absolute atomic E-state index is 11.9. The predicted octanol–water partition coefficient (Wildman–Crippen LogP) is 2.56. The maximum atomic E-state index is 11.9. The predicted molar refractivity (Wildman–Crippen MR) is 73.5 cm³/mol. The van der Waals surface area contributed by atoms with Crippen molar-refractivity contribution in [1.29, 1.82) is 0 Å². The van der Waals surface area contributed by atoms with Crippen LogP contribution in [0.25, 0.3) is 0 Å². The van der Waals surface area contributed by atoms with Crippen molar-refractivity contribution in [2.24, 2.45) is 5.92 Å². The summed E-state index contributed by atoms with van der Waals surface area (Å²) in [5.74, 6) is -0.0927. The van der Waals surface area contributed by atoms with E-state index in [1.54, 1.807) is 0 Å². The zero-order valence-corrected chi connectivity index (χ0v) is 11.9. The molecule has 0 radical (unpaired) electrons. The minimum atomic E-state index is -0.163. The van der Waals surface area contributed by atoms with Gasteiger partial charge in [0.05, 0.1) is 0 Å². The molecule has 2 atom stereocenters. The molecular weight excluding hydrogens is 294 g/mol. The lowest BCUT2D eigenvalue weighted by molar-refractivity contribution is -0.139. The third kappa shape index (κ3) is 2.64. The second-order valence-electron chi connectivity index (χ2n) is 4.71. The van der Waals surface area contributed by atoms with Crippen molar-refractivity contribution in [3.05, 3.63) is 35.9 Å². The monoisotopic (exact) mass is 309 g/mol. The van der Waals surface area contributed by atoms with Crippen LogP contribution in [0.5, 0.6) is 0 Å². The number of imide groups is 1. The van der Waals surface area contributed by atoms with Crippen LogP contribution in [0.3, 0.4) is 0 Å². The first-order chi connectivity index (χ1) is 8.63. The normalized spacial score (nSPS) is 21.4. The average molecular weight is 310 g/mol. The summed E-state index contributed by atoms with van der Waals surface area (Å²) in [5, 5.41) is 0.739. The standard InChI is InChI=1S/C14H16BrNO2/c1-10-7-13(17)16(14(10)18)9-12(8-15)11-5-3-2-4-6-11/h2-6,10,12H,7-9H2,1H3. The number of rotatable bonds is 4. The van der Waals surface area contributed by atoms with Crippen LogP contribution in [-0.2, 0) is 9.59 Å². The van der Waals surface area contributed by atoms with E-state index in [4.69, 9.17) is 0 Å². The molecule has 4 heteroatoms. The van der Waals surface area contributed by atoms with Crippen molar-refractivity contribution in [1.82, 2.24) is 4.90 Å². The SMILES string of the molecule is CC1CC(=O)N(CC(CBr)c2ccccc2)C1=O. The summed E-state index contributed by atoms with van der Waals surface area (Å²) in [7, 11) is 0. The van der Waals surface area contributed by atoms with E-state index in [1.165, 1.54) is 4.90 Å². The number of benzene rings is 1. The zero-order chi connectivity index (χ0) is 13.1. The Hall–Kier alpha value is -1.16. The highest BCUT2D eigenvalue weighted by atomic mass is 79.9. The van der Waals surface area contributed by atoms with Gasteiger partial charge in [0, 0.05) is 30.1 Å². The molecule has 96 valence electrons. The third-order valence-corrected chi connectivity index (χ3v) is 4.11. The molecule has 0 saturated carbocycles. The van der Waals surface area contributed by atoms with E-state index in [0.29, 0.717) is 13.0 Å². The van der Waals surface area contributed by atoms with Gasteiger partial charge >= 0.3 is 0 Å². The number of nitrogens with zero attached hydrogens (tertiary/aromatic N) is 1. The van der Waals surface area contributed by atoms with E-state index in [-0.39, 0.29) is 23.7 Å². The van der Waals surface area contributed by atoms with Crippen LogP contribution >= 0.6 is 15.9 Å². The van der Waals surface area contributed by atoms with Crippen molar-refractivity contribution in [2.45, 2.75) is 19.3 Å². The van der Waals surface area contributed by atoms with Gasteiger partial charge in [-0.2, -0.15) is 0 Å². The Labute approximate surface area is 115 Å². The Morgan fingerprint density at radius 2 is 2.00 bits per heavy atom. The van der Waals surface area contributed by atoms with E-state index >= 15 is 0 Å². The fourth-order valence-corrected chi connectivity index (χ4v) is 2.81. The quantitative estimate of drug-likeness (QED) is 0.633. The van der Waals surface area contributed by atoms with Gasteiger partial charge in [0.1, 0.15) is 0 Å². The molecule has 0 N–H and O–H groups in total. The first-order valence-electron chi connectivity index (χ1n) is 6.08. The van der Waals surface area contributed by atoms with Gasteiger partial charge in [-0.15, -0.1) is 0 Å². The molecule has 1 aromatic rings. The van der Waals surface area contributed by atoms with Crippen LogP contribution in [0.4, 0.5) is 0 Å². The first-order valence-corrected chi connectivity index (χ1v) is 7.20. The molecule has 2 rings (SSSR count). The van der Waals surface area contributed by atoms with E-state index in [2.05, 4.69) is 15.9 Å². The summed E-state index contributed by atoms with van der Waals surface area (Å²) in [6.45, 7) is 2.28. The van der Waals surface area contributed by atoms with Crippen LogP contribution in [0.2, 0.25) is 0 Å². The van der Waals surface area contributed by atoms with E-state index in [1.807, 2.05) is 37.3 Å². The lowest BCUT2D eigenvalue weighted by atomic mass is 10.0. The number of hydrogen-bond donors (Lipinski definition) is 0. The van der Waals surface area contributed by atoms with Gasteiger partial charge < -0.3 is 0 Å². The van der Waals surface area contributed by atoms with Gasteiger partial charge in [-0.3, -0.25) is 14.5 Å². The summed E-state index contributed by atoms with van der Waals surface area (Å²) >= 11 is 3.47. The summed E-state index contributed by atoms with van der Waals surface area (Å²) < 4.78 is 0. The summed E-state index contributed by atoms with van der Waals surface area (Å²) in [5.41, 5.74) is 1.15. The Morgan fingerprint density at radius 1 is 1.33 bits per heavy atom. The second-order valence-corrected chi connectivity index (χ2v) is 5.36. The molecule has 0 aromatic heterocycles. The molecular formula is C14H16BrNO2. The Morgan fingerprint density at radius 3 is 2.50 bits per heavy atom. The molecule has 1 heterocycles. The highest BCUT2D eigenvalue weighted by molar-refractivity contribution is 9.09. The molecule has 3 nitrogen and oxygen atoms in total. The van der Waals surface area contributed by atoms with Crippen LogP contribution in [-0.4, -0.2) is 28.6 Å². The largest absolute Gasteiger partial charge is 0.282 e. The van der Waals surface area contributed by atoms with Crippen LogP contribution in [0, 0.1) is 5.92 Å². The van der Waals surface area contributed by atoms with Crippen molar-refractivity contribution in [3.63, 3.8) is 0 Å². The molecule has 0 spiro atoms. The topological polar surface area (TPSA) is 37.4 Å². The fraction of sp³-hybridized carbons (Fsp3) is 0.429. The fourth-order valence-electron chi connectivity index (χ4n) is 2.23. The van der Waals surface area contributed by atoms with Gasteiger partial charge in [-0.05, 0) is 5.56 Å². The van der Waals surface area contributed by atoms with Crippen LogP contribution in [0.1, 0.15) is 24.8 Å². The minimum absolute atomic E-state index is 0.0399. The molecule has 0 aliphatic carbocycles. The van der Waals surface area contributed by atoms with Crippen LogP contribution in [0.15, 0.2) is 30.3 Å². The van der Waals surface area contributed by atoms with Gasteiger partial charge in [-0.1, -0.05) is 53.2 Å². The Balaban J connectivity index is 2.12. The Bertz CT molecular complexity index is 446. The van der Waals surface area contributed by atoms with Crippen molar-refractivity contribution >= 4 is 27.7 Å². The summed E-state index contributed by atoms with van der Waals surface area (Å²) in [4.78, 5) is 25.1. The van der Waals surface area contributed by atoms with Crippen LogP contribution < -0.4 is 0 Å². The molecule has 2 amide bonds. The molecule has 1 aliphatic heterocycles. The second kappa shape index (κ2) is 5.65. The number of halogens is 1. The van der Waals surface area contributed by atoms with Gasteiger partial charge in [0.2, 0.25) is 11.8 Å². The average Bonchev–Trinajstić information content (AvgIpc) is 2.62. The number of carbonyl (C=O) groups is 2. The summed E-state index contributed by atoms with van der Waals surface area (Å²) in [6.07, 6.45) is 0.350. The molecule has 18 heavy (non-hydrogen) atoms. The number of alkyl halides is 1. The number of likely N-dealkylation sites (tertiary alicyclic amines) is 1. The molecule has 1 saturated heterocycles. The van der Waals surface area contributed by atoms with Gasteiger partial charge in [0.25, 0.3) is 0 Å². The van der Waals surface area contributed by atoms with E-state index < -0.39 is 0 Å². The highest BCUT2D eigenvalue weighted by Crippen LogP contribution is 2.25. The Kier molecular flexibility index (Phi) is 4.17. The van der Waals surface area contributed by atoms with Crippen molar-refractivity contribution in [2.75, 3.05) is 11.9 Å². The molecule has 1 aliphatic rings. The van der Waals surface area contributed by atoms with E-state index in [0.717, 1.165) is 10.9 Å². The van der Waals surface area contributed by atoms with Crippen molar-refractivity contribution < 1.29 is 9.59 Å². The molecule has 2 unspecified atom stereocenters. The number of hydrogen-bond acceptors (Lipinski definition) is 2. The molecule has 1 fully saturated rings. The minimum Gasteiger partial charge on any atom is -0.282 e. The van der Waals surface area contributed by atoms with Gasteiger partial charge in [0.15, 0.2) is 0 Å². The van der Waals surface area contributed by atoms with Crippen molar-refractivity contribution in [3.8, 4) is 0 Å². The molecule has 1 aromatic carbocycles. The lowest BCUT2D eigenvalue weighted by Crippen LogP contribution is -2.34. The first kappa shape index (κ1) is 13.3. The number of amides is 2. The maximum Gasteiger partial charge on any atom is 0.232 e. The van der Waals surface area contributed by atoms with Gasteiger partial charge in [-0.25, -0.2) is 0 Å². The van der Waals surface area contributed by atoms with E-state index in [9.17, 15) is 9.59 Å². The smallest absolute Gasteiger partial charge is 0.232 e. The zero-order valence-electron chi connectivity index (χ0n) is 10.3. The third-order valence-electron chi connectivity index (χ3n) is 3.33. The number of carbonyl (C=O) groups excluding carboxylic acids is 2. The lowest BCUT2D eigenvalue weighted by Gasteiger charge is -2.21. The summed E-state index contributed by atoms with van der Waals surface area (Å²) in [6, 6.07) is 9.96. The molecule has 0 bridgehead atoms.